The average Bonchev–Trinajstić information content (AvgIpc) is 2.93. The van der Waals surface area contributed by atoms with E-state index in [1.165, 1.54) is 11.3 Å². The predicted octanol–water partition coefficient (Wildman–Crippen LogP) is 3.74. The van der Waals surface area contributed by atoms with Crippen LogP contribution in [0.2, 0.25) is 0 Å². The molecule has 0 aliphatic carbocycles. The number of anilines is 1. The number of nitrogen functional groups attached to an aromatic ring is 1. The molecule has 1 heterocycles. The number of rotatable bonds is 4. The number of thiophene rings is 1. The Labute approximate surface area is 125 Å². The molecule has 3 nitrogen and oxygen atoms in total. The van der Waals surface area contributed by atoms with E-state index < -0.39 is 17.5 Å². The van der Waals surface area contributed by atoms with Gasteiger partial charge in [-0.25, -0.2) is 8.78 Å². The Hall–Kier alpha value is -1.95. The molecule has 1 aromatic carbocycles. The average molecular weight is 310 g/mol. The van der Waals surface area contributed by atoms with Gasteiger partial charge < -0.3 is 11.1 Å². The number of nitrogens with two attached hydrogens (primary N) is 1. The Balaban J connectivity index is 2.26. The molecule has 0 radical (unpaired) electrons. The highest BCUT2D eigenvalue weighted by Gasteiger charge is 2.22. The smallest absolute Gasteiger partial charge is 0.254 e. The first kappa shape index (κ1) is 15.4. The van der Waals surface area contributed by atoms with Crippen LogP contribution in [-0.4, -0.2) is 5.91 Å². The molecule has 0 bridgehead atoms. The van der Waals surface area contributed by atoms with Gasteiger partial charge >= 0.3 is 0 Å². The van der Waals surface area contributed by atoms with E-state index in [1.807, 2.05) is 31.4 Å². The Morgan fingerprint density at radius 1 is 1.29 bits per heavy atom. The summed E-state index contributed by atoms with van der Waals surface area (Å²) in [6.07, 6.45) is 0. The highest BCUT2D eigenvalue weighted by molar-refractivity contribution is 7.10. The fourth-order valence-electron chi connectivity index (χ4n) is 1.99. The van der Waals surface area contributed by atoms with E-state index >= 15 is 0 Å². The van der Waals surface area contributed by atoms with Gasteiger partial charge in [0.15, 0.2) is 0 Å². The van der Waals surface area contributed by atoms with Crippen molar-refractivity contribution in [3.8, 4) is 0 Å². The van der Waals surface area contributed by atoms with E-state index in [0.717, 1.165) is 10.9 Å². The molecule has 0 saturated heterocycles. The van der Waals surface area contributed by atoms with Crippen molar-refractivity contribution in [2.75, 3.05) is 5.73 Å². The number of benzene rings is 1. The monoisotopic (exact) mass is 310 g/mol. The fraction of sp³-hybridized carbons (Fsp3) is 0.267. The molecule has 1 atom stereocenters. The van der Waals surface area contributed by atoms with E-state index in [1.54, 1.807) is 0 Å². The van der Waals surface area contributed by atoms with Crippen LogP contribution < -0.4 is 11.1 Å². The van der Waals surface area contributed by atoms with Crippen LogP contribution >= 0.6 is 11.3 Å². The Morgan fingerprint density at radius 2 is 2.00 bits per heavy atom. The molecule has 1 amide bonds. The molecule has 0 spiro atoms. The lowest BCUT2D eigenvalue weighted by Crippen LogP contribution is -2.32. The van der Waals surface area contributed by atoms with Crippen LogP contribution in [0.4, 0.5) is 14.5 Å². The third-order valence-corrected chi connectivity index (χ3v) is 4.09. The standard InChI is InChI=1S/C15H16F2N2OS/c1-8(2)14(13-4-3-5-21-13)19-15(20)9-6-12(18)11(17)7-10(9)16/h3-8,14H,18H2,1-2H3,(H,19,20). The van der Waals surface area contributed by atoms with Crippen LogP contribution in [0.5, 0.6) is 0 Å². The molecule has 2 rings (SSSR count). The fourth-order valence-corrected chi connectivity index (χ4v) is 2.94. The number of amides is 1. The first-order valence-electron chi connectivity index (χ1n) is 6.49. The lowest BCUT2D eigenvalue weighted by atomic mass is 10.0. The Morgan fingerprint density at radius 3 is 2.57 bits per heavy atom. The summed E-state index contributed by atoms with van der Waals surface area (Å²) in [6.45, 7) is 3.92. The molecule has 0 aliphatic heterocycles. The highest BCUT2D eigenvalue weighted by atomic mass is 32.1. The SMILES string of the molecule is CC(C)C(NC(=O)c1cc(N)c(F)cc1F)c1cccs1. The summed E-state index contributed by atoms with van der Waals surface area (Å²) in [5.74, 6) is -2.27. The molecule has 0 aliphatic rings. The van der Waals surface area contributed by atoms with Crippen molar-refractivity contribution in [2.45, 2.75) is 19.9 Å². The van der Waals surface area contributed by atoms with Crippen molar-refractivity contribution in [3.05, 3.63) is 51.7 Å². The van der Waals surface area contributed by atoms with E-state index in [0.29, 0.717) is 6.07 Å². The molecule has 1 unspecified atom stereocenters. The van der Waals surface area contributed by atoms with Crippen molar-refractivity contribution < 1.29 is 13.6 Å². The number of carbonyl (C=O) groups excluding carboxylic acids is 1. The number of hydrogen-bond donors (Lipinski definition) is 2. The van der Waals surface area contributed by atoms with Gasteiger partial charge in [0.2, 0.25) is 0 Å². The van der Waals surface area contributed by atoms with Crippen molar-refractivity contribution in [1.82, 2.24) is 5.32 Å². The van der Waals surface area contributed by atoms with Crippen molar-refractivity contribution in [2.24, 2.45) is 5.92 Å². The number of halogens is 2. The quantitative estimate of drug-likeness (QED) is 0.845. The maximum absolute atomic E-state index is 13.7. The molecular weight excluding hydrogens is 294 g/mol. The minimum atomic E-state index is -0.923. The number of carbonyl (C=O) groups is 1. The molecule has 6 heteroatoms. The normalized spacial score (nSPS) is 12.4. The third-order valence-electron chi connectivity index (χ3n) is 3.13. The summed E-state index contributed by atoms with van der Waals surface area (Å²) in [4.78, 5) is 13.2. The molecule has 1 aromatic heterocycles. The molecule has 21 heavy (non-hydrogen) atoms. The molecule has 0 fully saturated rings. The second-order valence-electron chi connectivity index (χ2n) is 5.06. The van der Waals surface area contributed by atoms with Gasteiger partial charge in [-0.3, -0.25) is 4.79 Å². The first-order valence-corrected chi connectivity index (χ1v) is 7.37. The van der Waals surface area contributed by atoms with Crippen LogP contribution in [0, 0.1) is 17.6 Å². The molecule has 2 aromatic rings. The molecular formula is C15H16F2N2OS. The van der Waals surface area contributed by atoms with E-state index in [2.05, 4.69) is 5.32 Å². The summed E-state index contributed by atoms with van der Waals surface area (Å²) in [6, 6.07) is 5.21. The maximum Gasteiger partial charge on any atom is 0.254 e. The van der Waals surface area contributed by atoms with E-state index in [4.69, 9.17) is 5.73 Å². The zero-order chi connectivity index (χ0) is 15.6. The van der Waals surface area contributed by atoms with Gasteiger partial charge in [-0.2, -0.15) is 0 Å². The summed E-state index contributed by atoms with van der Waals surface area (Å²) >= 11 is 1.51. The van der Waals surface area contributed by atoms with Crippen molar-refractivity contribution in [1.29, 1.82) is 0 Å². The van der Waals surface area contributed by atoms with E-state index in [9.17, 15) is 13.6 Å². The summed E-state index contributed by atoms with van der Waals surface area (Å²) in [5.41, 5.74) is 4.89. The first-order chi connectivity index (χ1) is 9.90. The van der Waals surface area contributed by atoms with Crippen LogP contribution in [0.15, 0.2) is 29.6 Å². The molecule has 0 saturated carbocycles. The zero-order valence-electron chi connectivity index (χ0n) is 11.7. The second-order valence-corrected chi connectivity index (χ2v) is 6.04. The highest BCUT2D eigenvalue weighted by Crippen LogP contribution is 2.26. The minimum absolute atomic E-state index is 0.133. The zero-order valence-corrected chi connectivity index (χ0v) is 12.5. The maximum atomic E-state index is 13.7. The lowest BCUT2D eigenvalue weighted by Gasteiger charge is -2.21. The van der Waals surface area contributed by atoms with Crippen LogP contribution in [0.25, 0.3) is 0 Å². The lowest BCUT2D eigenvalue weighted by molar-refractivity contribution is 0.0922. The Bertz CT molecular complexity index is 641. The second kappa shape index (κ2) is 6.22. The third kappa shape index (κ3) is 3.39. The van der Waals surface area contributed by atoms with Gasteiger partial charge in [0.25, 0.3) is 5.91 Å². The summed E-state index contributed by atoms with van der Waals surface area (Å²) in [7, 11) is 0. The number of hydrogen-bond acceptors (Lipinski definition) is 3. The van der Waals surface area contributed by atoms with Gasteiger partial charge in [0, 0.05) is 10.9 Å². The summed E-state index contributed by atoms with van der Waals surface area (Å²) < 4.78 is 26.9. The van der Waals surface area contributed by atoms with Gasteiger partial charge in [0.05, 0.1) is 17.3 Å². The van der Waals surface area contributed by atoms with Crippen LogP contribution in [0.3, 0.4) is 0 Å². The van der Waals surface area contributed by atoms with E-state index in [-0.39, 0.29) is 23.2 Å². The van der Waals surface area contributed by atoms with Gasteiger partial charge in [-0.05, 0) is 23.4 Å². The molecule has 3 N–H and O–H groups in total. The number of nitrogens with one attached hydrogen (secondary N) is 1. The van der Waals surface area contributed by atoms with Crippen LogP contribution in [-0.2, 0) is 0 Å². The summed E-state index contributed by atoms with van der Waals surface area (Å²) in [5, 5.41) is 4.69. The van der Waals surface area contributed by atoms with Gasteiger partial charge in [-0.1, -0.05) is 19.9 Å². The largest absolute Gasteiger partial charge is 0.396 e. The minimum Gasteiger partial charge on any atom is -0.396 e. The van der Waals surface area contributed by atoms with Crippen molar-refractivity contribution >= 4 is 22.9 Å². The van der Waals surface area contributed by atoms with Gasteiger partial charge in [-0.15, -0.1) is 11.3 Å². The predicted molar refractivity (Wildman–Crippen MR) is 80.1 cm³/mol. The van der Waals surface area contributed by atoms with Crippen molar-refractivity contribution in [3.63, 3.8) is 0 Å². The van der Waals surface area contributed by atoms with Gasteiger partial charge in [0.1, 0.15) is 11.6 Å². The van der Waals surface area contributed by atoms with Crippen LogP contribution in [0.1, 0.15) is 35.1 Å². The Kier molecular flexibility index (Phi) is 4.57. The molecule has 112 valence electrons. The topological polar surface area (TPSA) is 55.1 Å².